The van der Waals surface area contributed by atoms with E-state index < -0.39 is 0 Å². The first-order valence-corrected chi connectivity index (χ1v) is 6.78. The summed E-state index contributed by atoms with van der Waals surface area (Å²) >= 11 is 1.52. The van der Waals surface area contributed by atoms with Gasteiger partial charge in [0.15, 0.2) is 0 Å². The van der Waals surface area contributed by atoms with Crippen molar-refractivity contribution in [2.45, 2.75) is 26.2 Å². The third-order valence-corrected chi connectivity index (χ3v) is 4.25. The lowest BCUT2D eigenvalue weighted by atomic mass is 9.98. The van der Waals surface area contributed by atoms with Gasteiger partial charge in [0.2, 0.25) is 0 Å². The molecule has 2 rings (SSSR count). The lowest BCUT2D eigenvalue weighted by molar-refractivity contribution is -0.384. The zero-order valence-corrected chi connectivity index (χ0v) is 12.5. The van der Waals surface area contributed by atoms with Gasteiger partial charge in [0, 0.05) is 25.6 Å². The predicted molar refractivity (Wildman–Crippen MR) is 79.3 cm³/mol. The van der Waals surface area contributed by atoms with Gasteiger partial charge >= 0.3 is 0 Å². The highest BCUT2D eigenvalue weighted by Crippen LogP contribution is 2.37. The molecule has 6 heteroatoms. The fraction of sp³-hybridized carbons (Fsp3) is 0.462. The Labute approximate surface area is 116 Å². The average molecular weight is 279 g/mol. The highest BCUT2D eigenvalue weighted by atomic mass is 32.1. The van der Waals surface area contributed by atoms with Crippen LogP contribution >= 0.6 is 11.3 Å². The summed E-state index contributed by atoms with van der Waals surface area (Å²) in [6, 6.07) is 3.41. The van der Waals surface area contributed by atoms with Crippen molar-refractivity contribution >= 4 is 32.9 Å². The first-order valence-electron chi connectivity index (χ1n) is 5.97. The lowest BCUT2D eigenvalue weighted by Gasteiger charge is -2.13. The number of thiazole rings is 1. The molecule has 0 bridgehead atoms. The molecule has 19 heavy (non-hydrogen) atoms. The molecule has 0 spiro atoms. The van der Waals surface area contributed by atoms with Crippen LogP contribution in [0.3, 0.4) is 0 Å². The van der Waals surface area contributed by atoms with Crippen LogP contribution in [-0.4, -0.2) is 24.0 Å². The maximum Gasteiger partial charge on any atom is 0.294 e. The maximum atomic E-state index is 11.1. The minimum Gasteiger partial charge on any atom is -0.372 e. The monoisotopic (exact) mass is 279 g/mol. The van der Waals surface area contributed by atoms with Crippen LogP contribution in [0.1, 0.15) is 25.8 Å². The summed E-state index contributed by atoms with van der Waals surface area (Å²) in [6.07, 6.45) is 0. The van der Waals surface area contributed by atoms with Gasteiger partial charge in [0.05, 0.1) is 20.1 Å². The minimum atomic E-state index is -0.342. The van der Waals surface area contributed by atoms with Crippen molar-refractivity contribution in [3.05, 3.63) is 27.3 Å². The Morgan fingerprint density at radius 3 is 2.42 bits per heavy atom. The number of nitro benzene ring substituents is 1. The molecule has 0 N–H and O–H groups in total. The third kappa shape index (κ3) is 2.53. The van der Waals surface area contributed by atoms with Crippen molar-refractivity contribution in [3.63, 3.8) is 0 Å². The highest BCUT2D eigenvalue weighted by Gasteiger charge is 2.22. The standard InChI is InChI=1S/C13H17N3O2S/c1-13(2,3)12-14-8-6-9(15(4)5)10(16(17)18)7-11(8)19-12/h6-7H,1-5H3. The van der Waals surface area contributed by atoms with Crippen LogP contribution in [0.4, 0.5) is 11.4 Å². The summed E-state index contributed by atoms with van der Waals surface area (Å²) in [5.74, 6) is 0. The van der Waals surface area contributed by atoms with Crippen LogP contribution in [0, 0.1) is 10.1 Å². The molecule has 0 aliphatic rings. The van der Waals surface area contributed by atoms with Crippen molar-refractivity contribution < 1.29 is 4.92 Å². The van der Waals surface area contributed by atoms with E-state index in [0.29, 0.717) is 5.69 Å². The molecule has 1 aromatic carbocycles. The molecule has 0 radical (unpaired) electrons. The van der Waals surface area contributed by atoms with Gasteiger partial charge in [0.1, 0.15) is 5.69 Å². The molecule has 0 aliphatic heterocycles. The van der Waals surface area contributed by atoms with Gasteiger partial charge in [-0.3, -0.25) is 10.1 Å². The Bertz CT molecular complexity index is 641. The van der Waals surface area contributed by atoms with Gasteiger partial charge in [-0.1, -0.05) is 20.8 Å². The van der Waals surface area contributed by atoms with E-state index in [4.69, 9.17) is 0 Å². The predicted octanol–water partition coefficient (Wildman–Crippen LogP) is 3.57. The maximum absolute atomic E-state index is 11.1. The van der Waals surface area contributed by atoms with Crippen molar-refractivity contribution in [3.8, 4) is 0 Å². The van der Waals surface area contributed by atoms with E-state index in [2.05, 4.69) is 25.8 Å². The van der Waals surface area contributed by atoms with Crippen LogP contribution in [-0.2, 0) is 5.41 Å². The van der Waals surface area contributed by atoms with Crippen LogP contribution in [0.25, 0.3) is 10.2 Å². The van der Waals surface area contributed by atoms with Crippen molar-refractivity contribution in [1.29, 1.82) is 0 Å². The molecule has 0 fully saturated rings. The molecule has 2 aromatic rings. The molecule has 5 nitrogen and oxygen atoms in total. The molecule has 0 saturated carbocycles. The Hall–Kier alpha value is -1.69. The molecule has 0 unspecified atom stereocenters. The summed E-state index contributed by atoms with van der Waals surface area (Å²) in [4.78, 5) is 17.1. The second-order valence-corrected chi connectivity index (χ2v) is 6.76. The molecule has 0 aliphatic carbocycles. The number of nitro groups is 1. The SMILES string of the molecule is CN(C)c1cc2nc(C(C)(C)C)sc2cc1[N+](=O)[O-]. The van der Waals surface area contributed by atoms with E-state index >= 15 is 0 Å². The molecule has 1 heterocycles. The zero-order valence-electron chi connectivity index (χ0n) is 11.7. The quantitative estimate of drug-likeness (QED) is 0.623. The molecular weight excluding hydrogens is 262 g/mol. The number of anilines is 1. The summed E-state index contributed by atoms with van der Waals surface area (Å²) in [7, 11) is 3.59. The molecule has 102 valence electrons. The van der Waals surface area contributed by atoms with E-state index in [-0.39, 0.29) is 16.0 Å². The number of aromatic nitrogens is 1. The summed E-state index contributed by atoms with van der Waals surface area (Å²) in [5, 5.41) is 12.1. The Kier molecular flexibility index (Phi) is 3.22. The Balaban J connectivity index is 2.70. The first-order chi connectivity index (χ1) is 8.70. The number of fused-ring (bicyclic) bond motifs is 1. The second kappa shape index (κ2) is 4.45. The topological polar surface area (TPSA) is 59.3 Å². The number of benzene rings is 1. The smallest absolute Gasteiger partial charge is 0.294 e. The van der Waals surface area contributed by atoms with Gasteiger partial charge in [-0.05, 0) is 6.07 Å². The molecule has 1 aromatic heterocycles. The van der Waals surface area contributed by atoms with Gasteiger partial charge in [-0.2, -0.15) is 0 Å². The van der Waals surface area contributed by atoms with Gasteiger partial charge in [-0.25, -0.2) is 4.98 Å². The Morgan fingerprint density at radius 2 is 1.95 bits per heavy atom. The summed E-state index contributed by atoms with van der Waals surface area (Å²) in [6.45, 7) is 6.27. The zero-order chi connectivity index (χ0) is 14.4. The number of rotatable bonds is 2. The van der Waals surface area contributed by atoms with Crippen LogP contribution in [0.5, 0.6) is 0 Å². The van der Waals surface area contributed by atoms with E-state index in [0.717, 1.165) is 15.2 Å². The van der Waals surface area contributed by atoms with E-state index in [1.807, 2.05) is 0 Å². The van der Waals surface area contributed by atoms with E-state index in [1.54, 1.807) is 31.1 Å². The molecule has 0 saturated heterocycles. The lowest BCUT2D eigenvalue weighted by Crippen LogP contribution is -2.11. The second-order valence-electron chi connectivity index (χ2n) is 5.73. The van der Waals surface area contributed by atoms with Crippen molar-refractivity contribution in [2.24, 2.45) is 0 Å². The molecule has 0 atom stereocenters. The average Bonchev–Trinajstić information content (AvgIpc) is 2.69. The van der Waals surface area contributed by atoms with Crippen LogP contribution < -0.4 is 4.90 Å². The first kappa shape index (κ1) is 13.7. The third-order valence-electron chi connectivity index (χ3n) is 2.80. The fourth-order valence-electron chi connectivity index (χ4n) is 1.78. The van der Waals surface area contributed by atoms with Gasteiger partial charge in [0.25, 0.3) is 5.69 Å². The van der Waals surface area contributed by atoms with E-state index in [9.17, 15) is 10.1 Å². The number of nitrogens with zero attached hydrogens (tertiary/aromatic N) is 3. The molecule has 0 amide bonds. The van der Waals surface area contributed by atoms with Crippen LogP contribution in [0.2, 0.25) is 0 Å². The summed E-state index contributed by atoms with van der Waals surface area (Å²) in [5.41, 5.74) is 1.49. The molecular formula is C13H17N3O2S. The van der Waals surface area contributed by atoms with Gasteiger partial charge in [-0.15, -0.1) is 11.3 Å². The largest absolute Gasteiger partial charge is 0.372 e. The van der Waals surface area contributed by atoms with E-state index in [1.165, 1.54) is 11.3 Å². The van der Waals surface area contributed by atoms with Gasteiger partial charge < -0.3 is 4.90 Å². The summed E-state index contributed by atoms with van der Waals surface area (Å²) < 4.78 is 0.863. The highest BCUT2D eigenvalue weighted by molar-refractivity contribution is 7.18. The van der Waals surface area contributed by atoms with Crippen molar-refractivity contribution in [1.82, 2.24) is 4.98 Å². The van der Waals surface area contributed by atoms with Crippen LogP contribution in [0.15, 0.2) is 12.1 Å². The minimum absolute atomic E-state index is 0.0449. The normalized spacial score (nSPS) is 11.8. The number of hydrogen-bond acceptors (Lipinski definition) is 5. The Morgan fingerprint density at radius 1 is 1.32 bits per heavy atom. The fourth-order valence-corrected chi connectivity index (χ4v) is 2.82. The number of hydrogen-bond donors (Lipinski definition) is 0. The van der Waals surface area contributed by atoms with Crippen molar-refractivity contribution in [2.75, 3.05) is 19.0 Å².